The molecule has 8 nitrogen and oxygen atoms in total. The van der Waals surface area contributed by atoms with Crippen molar-refractivity contribution in [3.8, 4) is 0 Å². The maximum absolute atomic E-state index is 12.4. The zero-order chi connectivity index (χ0) is 21.9. The Morgan fingerprint density at radius 3 is 2.50 bits per heavy atom. The van der Waals surface area contributed by atoms with Crippen LogP contribution in [0, 0.1) is 0 Å². The highest BCUT2D eigenvalue weighted by atomic mass is 32.2. The molecule has 1 heterocycles. The number of thioether (sulfide) groups is 2. The third-order valence-electron chi connectivity index (χ3n) is 3.78. The Balaban J connectivity index is 1.77. The highest BCUT2D eigenvalue weighted by molar-refractivity contribution is 8.04. The van der Waals surface area contributed by atoms with E-state index in [-0.39, 0.29) is 17.1 Å². The number of nitrogens with one attached hydrogen (secondary N) is 2. The molecule has 0 spiro atoms. The lowest BCUT2D eigenvalue weighted by molar-refractivity contribution is -0.120. The van der Waals surface area contributed by atoms with Crippen molar-refractivity contribution >= 4 is 52.6 Å². The van der Waals surface area contributed by atoms with Crippen molar-refractivity contribution in [2.75, 3.05) is 19.4 Å². The summed E-state index contributed by atoms with van der Waals surface area (Å²) in [5, 5.41) is 13.5. The second kappa shape index (κ2) is 12.6. The first-order valence-corrected chi connectivity index (χ1v) is 12.0. The molecule has 0 fully saturated rings. The number of methoxy groups -OCH3 is 1. The van der Waals surface area contributed by atoms with Crippen LogP contribution in [-0.4, -0.2) is 52.6 Å². The molecule has 1 atom stereocenters. The summed E-state index contributed by atoms with van der Waals surface area (Å²) in [5.74, 6) is -0.254. The predicted octanol–water partition coefficient (Wildman–Crippen LogP) is 2.74. The third kappa shape index (κ3) is 7.96. The summed E-state index contributed by atoms with van der Waals surface area (Å²) in [6.45, 7) is 4.82. The molecule has 0 radical (unpaired) electrons. The van der Waals surface area contributed by atoms with E-state index in [4.69, 9.17) is 0 Å². The summed E-state index contributed by atoms with van der Waals surface area (Å²) >= 11 is 4.02. The summed E-state index contributed by atoms with van der Waals surface area (Å²) < 4.78 is 6.04. The summed E-state index contributed by atoms with van der Waals surface area (Å²) in [7, 11) is 1.33. The SMILES string of the molecule is CCCNC(=O)CSc1nnc(SC(C)C(=O)NCc2ccc(C(=O)OC)cc2)s1. The number of carbonyl (C=O) groups excluding carboxylic acids is 3. The van der Waals surface area contributed by atoms with Gasteiger partial charge in [-0.05, 0) is 31.0 Å². The number of esters is 1. The normalized spacial score (nSPS) is 11.6. The Morgan fingerprint density at radius 2 is 1.83 bits per heavy atom. The van der Waals surface area contributed by atoms with Gasteiger partial charge in [-0.1, -0.05) is 53.9 Å². The first-order chi connectivity index (χ1) is 14.4. The Kier molecular flexibility index (Phi) is 10.1. The van der Waals surface area contributed by atoms with Gasteiger partial charge >= 0.3 is 5.97 Å². The van der Waals surface area contributed by atoms with Crippen LogP contribution in [0.4, 0.5) is 0 Å². The molecule has 0 aliphatic heterocycles. The number of nitrogens with zero attached hydrogens (tertiary/aromatic N) is 2. The molecule has 0 saturated carbocycles. The maximum atomic E-state index is 12.4. The predicted molar refractivity (Wildman–Crippen MR) is 119 cm³/mol. The van der Waals surface area contributed by atoms with E-state index < -0.39 is 5.97 Å². The fourth-order valence-corrected chi connectivity index (χ4v) is 5.18. The molecule has 11 heteroatoms. The topological polar surface area (TPSA) is 110 Å². The van der Waals surface area contributed by atoms with E-state index >= 15 is 0 Å². The summed E-state index contributed by atoms with van der Waals surface area (Å²) in [6.07, 6.45) is 0.898. The molecule has 30 heavy (non-hydrogen) atoms. The van der Waals surface area contributed by atoms with Gasteiger partial charge in [-0.25, -0.2) is 4.79 Å². The van der Waals surface area contributed by atoms with Gasteiger partial charge in [-0.15, -0.1) is 10.2 Å². The number of carbonyl (C=O) groups is 3. The smallest absolute Gasteiger partial charge is 0.337 e. The second-order valence-electron chi connectivity index (χ2n) is 6.14. The van der Waals surface area contributed by atoms with E-state index in [1.165, 1.54) is 42.0 Å². The van der Waals surface area contributed by atoms with Crippen molar-refractivity contribution in [2.24, 2.45) is 0 Å². The van der Waals surface area contributed by atoms with Crippen LogP contribution in [0.25, 0.3) is 0 Å². The molecule has 2 aromatic rings. The first kappa shape index (κ1) is 24.2. The molecule has 2 N–H and O–H groups in total. The molecule has 1 aromatic heterocycles. The van der Waals surface area contributed by atoms with Gasteiger partial charge in [-0.2, -0.15) is 0 Å². The molecule has 1 unspecified atom stereocenters. The molecule has 2 rings (SSSR count). The molecular weight excluding hydrogens is 444 g/mol. The van der Waals surface area contributed by atoms with Crippen LogP contribution in [0.1, 0.15) is 36.2 Å². The zero-order valence-corrected chi connectivity index (χ0v) is 19.4. The number of amides is 2. The lowest BCUT2D eigenvalue weighted by Gasteiger charge is -2.10. The number of hydrogen-bond donors (Lipinski definition) is 2. The fraction of sp³-hybridized carbons (Fsp3) is 0.421. The zero-order valence-electron chi connectivity index (χ0n) is 17.0. The van der Waals surface area contributed by atoms with Crippen LogP contribution in [0.3, 0.4) is 0 Å². The van der Waals surface area contributed by atoms with E-state index in [0.717, 1.165) is 12.0 Å². The number of benzene rings is 1. The van der Waals surface area contributed by atoms with Crippen LogP contribution < -0.4 is 10.6 Å². The average Bonchev–Trinajstić information content (AvgIpc) is 3.21. The largest absolute Gasteiger partial charge is 0.465 e. The van der Waals surface area contributed by atoms with Gasteiger partial charge in [0, 0.05) is 13.1 Å². The van der Waals surface area contributed by atoms with Gasteiger partial charge in [0.15, 0.2) is 8.68 Å². The third-order valence-corrected chi connectivity index (χ3v) is 7.02. The number of aromatic nitrogens is 2. The minimum Gasteiger partial charge on any atom is -0.465 e. The summed E-state index contributed by atoms with van der Waals surface area (Å²) in [4.78, 5) is 35.5. The lowest BCUT2D eigenvalue weighted by Crippen LogP contribution is -2.30. The van der Waals surface area contributed by atoms with Gasteiger partial charge < -0.3 is 15.4 Å². The molecule has 2 amide bonds. The Labute approximate surface area is 187 Å². The standard InChI is InChI=1S/C19H24N4O4S3/c1-4-9-20-15(24)11-28-18-22-23-19(30-18)29-12(2)16(25)21-10-13-5-7-14(8-6-13)17(26)27-3/h5-8,12H,4,9-11H2,1-3H3,(H,20,24)(H,21,25). The van der Waals surface area contributed by atoms with E-state index in [9.17, 15) is 14.4 Å². The molecule has 0 bridgehead atoms. The van der Waals surface area contributed by atoms with Crippen LogP contribution in [0.2, 0.25) is 0 Å². The van der Waals surface area contributed by atoms with E-state index in [1.807, 2.05) is 6.92 Å². The van der Waals surface area contributed by atoms with Crippen LogP contribution >= 0.6 is 34.9 Å². The lowest BCUT2D eigenvalue weighted by atomic mass is 10.1. The first-order valence-electron chi connectivity index (χ1n) is 9.27. The molecule has 0 aliphatic carbocycles. The average molecular weight is 469 g/mol. The summed E-state index contributed by atoms with van der Waals surface area (Å²) in [6, 6.07) is 6.87. The van der Waals surface area contributed by atoms with Gasteiger partial charge in [0.1, 0.15) is 0 Å². The van der Waals surface area contributed by atoms with Gasteiger partial charge in [0.05, 0.1) is 23.7 Å². The highest BCUT2D eigenvalue weighted by Gasteiger charge is 2.17. The molecule has 162 valence electrons. The fourth-order valence-electron chi connectivity index (χ4n) is 2.16. The van der Waals surface area contributed by atoms with Crippen molar-refractivity contribution in [3.05, 3.63) is 35.4 Å². The van der Waals surface area contributed by atoms with Crippen LogP contribution in [-0.2, 0) is 20.9 Å². The second-order valence-corrected chi connectivity index (χ2v) is 9.93. The van der Waals surface area contributed by atoms with Gasteiger partial charge in [0.25, 0.3) is 0 Å². The Morgan fingerprint density at radius 1 is 1.13 bits per heavy atom. The minimum atomic E-state index is -0.396. The Hall–Kier alpha value is -2.11. The van der Waals surface area contributed by atoms with E-state index in [2.05, 4.69) is 25.6 Å². The molecule has 0 saturated heterocycles. The summed E-state index contributed by atoms with van der Waals surface area (Å²) in [5.41, 5.74) is 1.34. The number of rotatable bonds is 11. The number of ether oxygens (including phenoxy) is 1. The molecule has 0 aliphatic rings. The van der Waals surface area contributed by atoms with Crippen LogP contribution in [0.5, 0.6) is 0 Å². The highest BCUT2D eigenvalue weighted by Crippen LogP contribution is 2.31. The van der Waals surface area contributed by atoms with Gasteiger partial charge in [-0.3, -0.25) is 9.59 Å². The van der Waals surface area contributed by atoms with Crippen molar-refractivity contribution < 1.29 is 19.1 Å². The Bertz CT molecular complexity index is 858. The molecule has 1 aromatic carbocycles. The maximum Gasteiger partial charge on any atom is 0.337 e. The van der Waals surface area contributed by atoms with Crippen molar-refractivity contribution in [2.45, 2.75) is 40.7 Å². The molecular formula is C19H24N4O4S3. The van der Waals surface area contributed by atoms with Crippen LogP contribution in [0.15, 0.2) is 32.9 Å². The van der Waals surface area contributed by atoms with Crippen molar-refractivity contribution in [3.63, 3.8) is 0 Å². The minimum absolute atomic E-state index is 0.0291. The quantitative estimate of drug-likeness (QED) is 0.383. The number of hydrogen-bond acceptors (Lipinski definition) is 9. The van der Waals surface area contributed by atoms with Crippen molar-refractivity contribution in [1.82, 2.24) is 20.8 Å². The monoisotopic (exact) mass is 468 g/mol. The van der Waals surface area contributed by atoms with E-state index in [1.54, 1.807) is 31.2 Å². The van der Waals surface area contributed by atoms with Crippen molar-refractivity contribution in [1.29, 1.82) is 0 Å². The van der Waals surface area contributed by atoms with E-state index in [0.29, 0.717) is 33.1 Å². The van der Waals surface area contributed by atoms with Gasteiger partial charge in [0.2, 0.25) is 11.8 Å².